The monoisotopic (exact) mass is 449 g/mol. The van der Waals surface area contributed by atoms with Gasteiger partial charge in [-0.2, -0.15) is 0 Å². The molecule has 0 spiro atoms. The molecule has 3 aromatic rings. The number of hydrogen-bond acceptors (Lipinski definition) is 4. The molecule has 1 aliphatic carbocycles. The SMILES string of the molecule is Cc1cccc(CSc2nc3cc(C(=O)NC4CCCC4)ccc3c(=O)n2CC(C)C)c1. The van der Waals surface area contributed by atoms with Gasteiger partial charge in [-0.3, -0.25) is 14.2 Å². The standard InChI is InChI=1S/C26H31N3O2S/c1-17(2)15-29-25(31)22-12-11-20(24(30)27-21-9-4-5-10-21)14-23(22)28-26(29)32-16-19-8-6-7-18(3)13-19/h6-8,11-14,17,21H,4-5,9-10,15-16H2,1-3H3,(H,27,30). The fourth-order valence-corrected chi connectivity index (χ4v) is 5.22. The second kappa shape index (κ2) is 9.90. The van der Waals surface area contributed by atoms with E-state index in [1.807, 2.05) is 0 Å². The van der Waals surface area contributed by atoms with Crippen molar-refractivity contribution in [2.24, 2.45) is 5.92 Å². The third-order valence-corrected chi connectivity index (χ3v) is 6.92. The molecular formula is C26H31N3O2S. The van der Waals surface area contributed by atoms with Crippen LogP contribution in [-0.2, 0) is 12.3 Å². The molecule has 1 aromatic heterocycles. The van der Waals surface area contributed by atoms with Crippen LogP contribution in [0.4, 0.5) is 0 Å². The maximum Gasteiger partial charge on any atom is 0.262 e. The van der Waals surface area contributed by atoms with Gasteiger partial charge in [-0.1, -0.05) is 68.3 Å². The summed E-state index contributed by atoms with van der Waals surface area (Å²) in [5.41, 5.74) is 3.52. The Bertz CT molecular complexity index is 1180. The van der Waals surface area contributed by atoms with Gasteiger partial charge in [-0.25, -0.2) is 4.98 Å². The summed E-state index contributed by atoms with van der Waals surface area (Å²) in [6, 6.07) is 13.9. The first-order valence-electron chi connectivity index (χ1n) is 11.4. The first-order chi connectivity index (χ1) is 15.4. The number of amides is 1. The molecule has 5 nitrogen and oxygen atoms in total. The van der Waals surface area contributed by atoms with E-state index in [4.69, 9.17) is 4.98 Å². The molecule has 0 unspecified atom stereocenters. The second-order valence-electron chi connectivity index (χ2n) is 9.17. The van der Waals surface area contributed by atoms with Crippen molar-refractivity contribution in [2.45, 2.75) is 70.0 Å². The van der Waals surface area contributed by atoms with Crippen LogP contribution < -0.4 is 10.9 Å². The Labute approximate surface area is 193 Å². The van der Waals surface area contributed by atoms with Gasteiger partial charge in [-0.05, 0) is 49.4 Å². The van der Waals surface area contributed by atoms with E-state index in [1.54, 1.807) is 34.5 Å². The quantitative estimate of drug-likeness (QED) is 0.391. The molecule has 1 N–H and O–H groups in total. The van der Waals surface area contributed by atoms with E-state index < -0.39 is 0 Å². The van der Waals surface area contributed by atoms with Crippen molar-refractivity contribution in [2.75, 3.05) is 0 Å². The summed E-state index contributed by atoms with van der Waals surface area (Å²) in [4.78, 5) is 30.9. The number of carbonyl (C=O) groups excluding carboxylic acids is 1. The van der Waals surface area contributed by atoms with Crippen LogP contribution in [0.2, 0.25) is 0 Å². The van der Waals surface area contributed by atoms with Crippen molar-refractivity contribution in [3.8, 4) is 0 Å². The van der Waals surface area contributed by atoms with E-state index in [0.717, 1.165) is 18.6 Å². The Hall–Kier alpha value is -2.60. The molecule has 0 saturated heterocycles. The molecule has 32 heavy (non-hydrogen) atoms. The normalized spacial score (nSPS) is 14.4. The lowest BCUT2D eigenvalue weighted by atomic mass is 10.1. The van der Waals surface area contributed by atoms with Gasteiger partial charge in [0.15, 0.2) is 5.16 Å². The second-order valence-corrected chi connectivity index (χ2v) is 10.1. The Balaban J connectivity index is 1.67. The largest absolute Gasteiger partial charge is 0.349 e. The Morgan fingerprint density at radius 2 is 1.97 bits per heavy atom. The zero-order valence-electron chi connectivity index (χ0n) is 19.1. The molecule has 1 aliphatic rings. The number of thioether (sulfide) groups is 1. The van der Waals surface area contributed by atoms with Crippen molar-refractivity contribution in [1.29, 1.82) is 0 Å². The summed E-state index contributed by atoms with van der Waals surface area (Å²) >= 11 is 1.57. The summed E-state index contributed by atoms with van der Waals surface area (Å²) in [5, 5.41) is 4.38. The highest BCUT2D eigenvalue weighted by Crippen LogP contribution is 2.24. The topological polar surface area (TPSA) is 64.0 Å². The molecule has 168 valence electrons. The molecule has 0 atom stereocenters. The molecule has 1 heterocycles. The Morgan fingerprint density at radius 1 is 1.19 bits per heavy atom. The predicted octanol–water partition coefficient (Wildman–Crippen LogP) is 5.33. The van der Waals surface area contributed by atoms with Crippen LogP contribution in [0, 0.1) is 12.8 Å². The molecule has 0 radical (unpaired) electrons. The maximum absolute atomic E-state index is 13.3. The fraction of sp³-hybridized carbons (Fsp3) is 0.423. The van der Waals surface area contributed by atoms with Crippen LogP contribution in [0.15, 0.2) is 52.4 Å². The zero-order chi connectivity index (χ0) is 22.7. The van der Waals surface area contributed by atoms with Crippen molar-refractivity contribution in [3.05, 3.63) is 69.5 Å². The van der Waals surface area contributed by atoms with Gasteiger partial charge in [0.25, 0.3) is 11.5 Å². The van der Waals surface area contributed by atoms with Crippen LogP contribution in [0.25, 0.3) is 10.9 Å². The van der Waals surface area contributed by atoms with Gasteiger partial charge in [-0.15, -0.1) is 0 Å². The minimum atomic E-state index is -0.0825. The van der Waals surface area contributed by atoms with E-state index in [2.05, 4.69) is 50.4 Å². The molecule has 1 amide bonds. The van der Waals surface area contributed by atoms with Crippen molar-refractivity contribution < 1.29 is 4.79 Å². The first kappa shape index (κ1) is 22.6. The van der Waals surface area contributed by atoms with Crippen molar-refractivity contribution >= 4 is 28.6 Å². The van der Waals surface area contributed by atoms with E-state index in [-0.39, 0.29) is 17.5 Å². The average Bonchev–Trinajstić information content (AvgIpc) is 3.27. The number of rotatable bonds is 7. The Morgan fingerprint density at radius 3 is 2.69 bits per heavy atom. The molecule has 0 aliphatic heterocycles. The molecular weight excluding hydrogens is 418 g/mol. The minimum absolute atomic E-state index is 0.0433. The van der Waals surface area contributed by atoms with E-state index in [0.29, 0.717) is 34.1 Å². The third-order valence-electron chi connectivity index (χ3n) is 5.87. The smallest absolute Gasteiger partial charge is 0.262 e. The number of fused-ring (bicyclic) bond motifs is 1. The molecule has 1 fully saturated rings. The molecule has 6 heteroatoms. The average molecular weight is 450 g/mol. The van der Waals surface area contributed by atoms with Crippen molar-refractivity contribution in [1.82, 2.24) is 14.9 Å². The molecule has 2 aromatic carbocycles. The summed E-state index contributed by atoms with van der Waals surface area (Å²) in [6.45, 7) is 6.89. The predicted molar refractivity (Wildman–Crippen MR) is 131 cm³/mol. The number of carbonyl (C=O) groups is 1. The number of aryl methyl sites for hydroxylation is 1. The number of hydrogen-bond donors (Lipinski definition) is 1. The molecule has 1 saturated carbocycles. The van der Waals surface area contributed by atoms with E-state index >= 15 is 0 Å². The van der Waals surface area contributed by atoms with E-state index in [1.165, 1.54) is 24.0 Å². The number of aromatic nitrogens is 2. The minimum Gasteiger partial charge on any atom is -0.349 e. The number of nitrogens with one attached hydrogen (secondary N) is 1. The number of benzene rings is 2. The van der Waals surface area contributed by atoms with Gasteiger partial charge < -0.3 is 5.32 Å². The van der Waals surface area contributed by atoms with E-state index in [9.17, 15) is 9.59 Å². The summed E-state index contributed by atoms with van der Waals surface area (Å²) < 4.78 is 1.78. The zero-order valence-corrected chi connectivity index (χ0v) is 19.9. The lowest BCUT2D eigenvalue weighted by Crippen LogP contribution is -2.32. The van der Waals surface area contributed by atoms with Gasteiger partial charge in [0, 0.05) is 23.9 Å². The molecule has 4 rings (SSSR count). The summed E-state index contributed by atoms with van der Waals surface area (Å²) in [7, 11) is 0. The number of nitrogens with zero attached hydrogens (tertiary/aromatic N) is 2. The highest BCUT2D eigenvalue weighted by Gasteiger charge is 2.19. The highest BCUT2D eigenvalue weighted by molar-refractivity contribution is 7.98. The van der Waals surface area contributed by atoms with Gasteiger partial charge in [0.1, 0.15) is 0 Å². The van der Waals surface area contributed by atoms with Crippen LogP contribution in [0.3, 0.4) is 0 Å². The lowest BCUT2D eigenvalue weighted by Gasteiger charge is -2.16. The van der Waals surface area contributed by atoms with Crippen LogP contribution in [0.5, 0.6) is 0 Å². The van der Waals surface area contributed by atoms with Crippen LogP contribution in [0.1, 0.15) is 61.0 Å². The van der Waals surface area contributed by atoms with Crippen molar-refractivity contribution in [3.63, 3.8) is 0 Å². The molecule has 0 bridgehead atoms. The summed E-state index contributed by atoms with van der Waals surface area (Å²) in [5.74, 6) is 0.974. The van der Waals surface area contributed by atoms with Gasteiger partial charge in [0.2, 0.25) is 0 Å². The Kier molecular flexibility index (Phi) is 6.99. The van der Waals surface area contributed by atoms with Crippen LogP contribution >= 0.6 is 11.8 Å². The maximum atomic E-state index is 13.3. The van der Waals surface area contributed by atoms with Gasteiger partial charge in [0.05, 0.1) is 10.9 Å². The van der Waals surface area contributed by atoms with Crippen LogP contribution in [-0.4, -0.2) is 21.5 Å². The first-order valence-corrected chi connectivity index (χ1v) is 12.4. The lowest BCUT2D eigenvalue weighted by molar-refractivity contribution is 0.0938. The van der Waals surface area contributed by atoms with Gasteiger partial charge >= 0.3 is 0 Å². The highest BCUT2D eigenvalue weighted by atomic mass is 32.2. The summed E-state index contributed by atoms with van der Waals surface area (Å²) in [6.07, 6.45) is 4.41. The third kappa shape index (κ3) is 5.23. The fourth-order valence-electron chi connectivity index (χ4n) is 4.27.